The maximum absolute atomic E-state index is 6.50. The first kappa shape index (κ1) is 17.3. The number of anilines is 2. The molecule has 27 heavy (non-hydrogen) atoms. The first-order chi connectivity index (χ1) is 13.2. The molecule has 3 heteroatoms. The fourth-order valence-corrected chi connectivity index (χ4v) is 4.09. The van der Waals surface area contributed by atoms with Crippen LogP contribution in [0.1, 0.15) is 0 Å². The van der Waals surface area contributed by atoms with E-state index in [1.807, 2.05) is 60.7 Å². The highest BCUT2D eigenvalue weighted by atomic mass is 32.2. The van der Waals surface area contributed by atoms with Gasteiger partial charge in [-0.05, 0) is 23.3 Å². The molecule has 2 nitrogen and oxygen atoms in total. The van der Waals surface area contributed by atoms with Crippen molar-refractivity contribution < 1.29 is 0 Å². The minimum Gasteiger partial charge on any atom is -0.397 e. The molecule has 0 fully saturated rings. The Bertz CT molecular complexity index is 973. The summed E-state index contributed by atoms with van der Waals surface area (Å²) in [5.74, 6) is 0. The van der Waals surface area contributed by atoms with Crippen molar-refractivity contribution in [2.24, 2.45) is 0 Å². The molecule has 0 aliphatic heterocycles. The smallest absolute Gasteiger partial charge is 0.0535 e. The van der Waals surface area contributed by atoms with Crippen LogP contribution in [0.15, 0.2) is 107 Å². The van der Waals surface area contributed by atoms with Crippen molar-refractivity contribution in [2.75, 3.05) is 11.5 Å². The molecule has 4 aromatic carbocycles. The lowest BCUT2D eigenvalue weighted by Gasteiger charge is -2.14. The zero-order chi connectivity index (χ0) is 18.6. The average Bonchev–Trinajstić information content (AvgIpc) is 2.72. The fourth-order valence-electron chi connectivity index (χ4n) is 3.12. The number of hydrogen-bond donors (Lipinski definition) is 2. The highest BCUT2D eigenvalue weighted by Crippen LogP contribution is 2.42. The summed E-state index contributed by atoms with van der Waals surface area (Å²) in [6, 6.07) is 32.7. The second-order valence-electron chi connectivity index (χ2n) is 6.27. The molecule has 0 bridgehead atoms. The minimum atomic E-state index is 0.776. The monoisotopic (exact) mass is 368 g/mol. The van der Waals surface area contributed by atoms with Gasteiger partial charge >= 0.3 is 0 Å². The van der Waals surface area contributed by atoms with E-state index in [0.29, 0.717) is 0 Å². The lowest BCUT2D eigenvalue weighted by atomic mass is 10.0. The summed E-state index contributed by atoms with van der Waals surface area (Å²) < 4.78 is 0. The van der Waals surface area contributed by atoms with Crippen LogP contribution in [-0.2, 0) is 0 Å². The molecule has 0 saturated carbocycles. The minimum absolute atomic E-state index is 0.776. The van der Waals surface area contributed by atoms with Crippen molar-refractivity contribution in [3.05, 3.63) is 97.1 Å². The molecule has 0 amide bonds. The number of hydrogen-bond acceptors (Lipinski definition) is 3. The van der Waals surface area contributed by atoms with E-state index in [0.717, 1.165) is 43.4 Å². The third-order valence-corrected chi connectivity index (χ3v) is 5.67. The van der Waals surface area contributed by atoms with Crippen LogP contribution in [0.4, 0.5) is 11.4 Å². The summed E-state index contributed by atoms with van der Waals surface area (Å²) in [5.41, 5.74) is 18.9. The van der Waals surface area contributed by atoms with Gasteiger partial charge < -0.3 is 11.5 Å². The van der Waals surface area contributed by atoms with Crippen molar-refractivity contribution >= 4 is 23.1 Å². The lowest BCUT2D eigenvalue weighted by molar-refractivity contribution is 1.40. The van der Waals surface area contributed by atoms with Crippen molar-refractivity contribution in [3.63, 3.8) is 0 Å². The molecular formula is C24H20N2S. The predicted molar refractivity (Wildman–Crippen MR) is 117 cm³/mol. The molecule has 0 heterocycles. The van der Waals surface area contributed by atoms with Crippen LogP contribution in [0.5, 0.6) is 0 Å². The van der Waals surface area contributed by atoms with Gasteiger partial charge in [-0.15, -0.1) is 0 Å². The standard InChI is InChI=1S/C24H20N2S/c25-23-19(17-9-3-1-4-10-17)13-7-15-21(23)27-22-16-8-14-20(24(22)26)18-11-5-2-6-12-18/h1-16H,25-26H2. The second kappa shape index (κ2) is 7.60. The van der Waals surface area contributed by atoms with Gasteiger partial charge in [-0.25, -0.2) is 0 Å². The maximum Gasteiger partial charge on any atom is 0.0535 e. The molecule has 4 aromatic rings. The second-order valence-corrected chi connectivity index (χ2v) is 7.35. The molecule has 4 rings (SSSR count). The van der Waals surface area contributed by atoms with Gasteiger partial charge in [0.1, 0.15) is 0 Å². The quantitative estimate of drug-likeness (QED) is 0.413. The molecule has 132 valence electrons. The molecule has 0 aliphatic rings. The van der Waals surface area contributed by atoms with E-state index < -0.39 is 0 Å². The van der Waals surface area contributed by atoms with Crippen LogP contribution in [-0.4, -0.2) is 0 Å². The summed E-state index contributed by atoms with van der Waals surface area (Å²) in [6.07, 6.45) is 0. The van der Waals surface area contributed by atoms with Crippen LogP contribution in [0.25, 0.3) is 22.3 Å². The number of benzene rings is 4. The van der Waals surface area contributed by atoms with Gasteiger partial charge in [-0.2, -0.15) is 0 Å². The Morgan fingerprint density at radius 3 is 1.26 bits per heavy atom. The van der Waals surface area contributed by atoms with Crippen LogP contribution in [0.2, 0.25) is 0 Å². The lowest BCUT2D eigenvalue weighted by Crippen LogP contribution is -1.95. The van der Waals surface area contributed by atoms with Crippen LogP contribution in [0.3, 0.4) is 0 Å². The third-order valence-electron chi connectivity index (χ3n) is 4.52. The highest BCUT2D eigenvalue weighted by Gasteiger charge is 2.12. The van der Waals surface area contributed by atoms with Crippen LogP contribution < -0.4 is 11.5 Å². The molecule has 0 saturated heterocycles. The van der Waals surface area contributed by atoms with Gasteiger partial charge in [0.15, 0.2) is 0 Å². The van der Waals surface area contributed by atoms with Crippen molar-refractivity contribution in [2.45, 2.75) is 9.79 Å². The summed E-state index contributed by atoms with van der Waals surface area (Å²) in [7, 11) is 0. The van der Waals surface area contributed by atoms with Crippen molar-refractivity contribution in [1.82, 2.24) is 0 Å². The number of nitrogens with two attached hydrogens (primary N) is 2. The zero-order valence-corrected chi connectivity index (χ0v) is 15.6. The first-order valence-corrected chi connectivity index (χ1v) is 9.61. The van der Waals surface area contributed by atoms with Gasteiger partial charge in [0.2, 0.25) is 0 Å². The Labute approximate surface area is 163 Å². The molecular weight excluding hydrogens is 348 g/mol. The Hall–Kier alpha value is -3.17. The SMILES string of the molecule is Nc1c(Sc2cccc(-c3ccccc3)c2N)cccc1-c1ccccc1. The number of para-hydroxylation sites is 2. The van der Waals surface area contributed by atoms with E-state index in [4.69, 9.17) is 11.5 Å². The Morgan fingerprint density at radius 2 is 0.852 bits per heavy atom. The summed E-state index contributed by atoms with van der Waals surface area (Å²) >= 11 is 1.61. The van der Waals surface area contributed by atoms with E-state index in [1.165, 1.54) is 0 Å². The van der Waals surface area contributed by atoms with Gasteiger partial charge in [-0.1, -0.05) is 96.7 Å². The van der Waals surface area contributed by atoms with E-state index in [1.54, 1.807) is 11.8 Å². The van der Waals surface area contributed by atoms with E-state index in [-0.39, 0.29) is 0 Å². The van der Waals surface area contributed by atoms with Gasteiger partial charge in [0, 0.05) is 20.9 Å². The summed E-state index contributed by atoms with van der Waals surface area (Å²) in [5, 5.41) is 0. The van der Waals surface area contributed by atoms with E-state index in [2.05, 4.69) is 36.4 Å². The van der Waals surface area contributed by atoms with Gasteiger partial charge in [0.05, 0.1) is 11.4 Å². The third kappa shape index (κ3) is 3.55. The van der Waals surface area contributed by atoms with Crippen LogP contribution in [0, 0.1) is 0 Å². The van der Waals surface area contributed by atoms with Crippen molar-refractivity contribution in [1.29, 1.82) is 0 Å². The van der Waals surface area contributed by atoms with Gasteiger partial charge in [-0.3, -0.25) is 0 Å². The highest BCUT2D eigenvalue weighted by molar-refractivity contribution is 7.99. The number of nitrogen functional groups attached to an aromatic ring is 2. The molecule has 0 atom stereocenters. The predicted octanol–water partition coefficient (Wildman–Crippen LogP) is 6.34. The van der Waals surface area contributed by atoms with E-state index in [9.17, 15) is 0 Å². The molecule has 4 N–H and O–H groups in total. The van der Waals surface area contributed by atoms with E-state index >= 15 is 0 Å². The Morgan fingerprint density at radius 1 is 0.444 bits per heavy atom. The molecule has 0 aromatic heterocycles. The van der Waals surface area contributed by atoms with Crippen LogP contribution >= 0.6 is 11.8 Å². The molecule has 0 aliphatic carbocycles. The normalized spacial score (nSPS) is 10.7. The Kier molecular flexibility index (Phi) is 4.86. The fraction of sp³-hybridized carbons (Fsp3) is 0. The molecule has 0 spiro atoms. The molecule has 0 radical (unpaired) electrons. The van der Waals surface area contributed by atoms with Gasteiger partial charge in [0.25, 0.3) is 0 Å². The molecule has 0 unspecified atom stereocenters. The Balaban J connectivity index is 1.72. The zero-order valence-electron chi connectivity index (χ0n) is 14.8. The largest absolute Gasteiger partial charge is 0.397 e. The average molecular weight is 369 g/mol. The first-order valence-electron chi connectivity index (χ1n) is 8.79. The maximum atomic E-state index is 6.50. The summed E-state index contributed by atoms with van der Waals surface area (Å²) in [4.78, 5) is 2.02. The van der Waals surface area contributed by atoms with Crippen molar-refractivity contribution in [3.8, 4) is 22.3 Å². The topological polar surface area (TPSA) is 52.0 Å². The summed E-state index contributed by atoms with van der Waals surface area (Å²) in [6.45, 7) is 0. The number of rotatable bonds is 4.